The van der Waals surface area contributed by atoms with E-state index in [1.54, 1.807) is 25.6 Å². The molecular weight excluding hydrogens is 392 g/mol. The van der Waals surface area contributed by atoms with Crippen LogP contribution >= 0.6 is 0 Å². The Balaban J connectivity index is 1.59. The van der Waals surface area contributed by atoms with Crippen molar-refractivity contribution in [3.05, 3.63) is 94.6 Å². The van der Waals surface area contributed by atoms with Gasteiger partial charge in [0.15, 0.2) is 0 Å². The van der Waals surface area contributed by atoms with Crippen molar-refractivity contribution in [3.63, 3.8) is 0 Å². The molecule has 0 fully saturated rings. The molecule has 0 saturated carbocycles. The van der Waals surface area contributed by atoms with Crippen molar-refractivity contribution in [3.8, 4) is 16.9 Å². The van der Waals surface area contributed by atoms with E-state index in [1.165, 1.54) is 6.07 Å². The predicted molar refractivity (Wildman–Crippen MR) is 119 cm³/mol. The zero-order chi connectivity index (χ0) is 21.6. The summed E-state index contributed by atoms with van der Waals surface area (Å²) >= 11 is 0. The summed E-state index contributed by atoms with van der Waals surface area (Å²) in [5.41, 5.74) is 3.56. The summed E-state index contributed by atoms with van der Waals surface area (Å²) in [4.78, 5) is 28.5. The lowest BCUT2D eigenvalue weighted by atomic mass is 9.98. The van der Waals surface area contributed by atoms with E-state index in [4.69, 9.17) is 9.15 Å². The van der Waals surface area contributed by atoms with Gasteiger partial charge in [-0.3, -0.25) is 9.78 Å². The number of hydrogen-bond donors (Lipinski definition) is 1. The minimum absolute atomic E-state index is 0.0612. The number of nitrogens with one attached hydrogen (secondary N) is 1. The number of fused-ring (bicyclic) bond motifs is 1. The van der Waals surface area contributed by atoms with Crippen LogP contribution in [0.15, 0.2) is 82.3 Å². The minimum atomic E-state index is -0.420. The summed E-state index contributed by atoms with van der Waals surface area (Å²) in [5.74, 6) is 0.523. The Labute approximate surface area is 179 Å². The summed E-state index contributed by atoms with van der Waals surface area (Å²) in [6, 6.07) is 18.6. The molecule has 0 unspecified atom stereocenters. The van der Waals surface area contributed by atoms with E-state index in [0.717, 1.165) is 27.6 Å². The van der Waals surface area contributed by atoms with Crippen molar-refractivity contribution in [1.82, 2.24) is 10.3 Å². The number of aryl methyl sites for hydroxylation is 1. The summed E-state index contributed by atoms with van der Waals surface area (Å²) < 4.78 is 10.9. The quantitative estimate of drug-likeness (QED) is 0.460. The molecule has 0 saturated heterocycles. The van der Waals surface area contributed by atoms with Crippen LogP contribution in [0.1, 0.15) is 17.5 Å². The maximum atomic E-state index is 12.4. The van der Waals surface area contributed by atoms with E-state index in [9.17, 15) is 9.59 Å². The molecule has 6 heteroatoms. The number of rotatable bonds is 7. The fourth-order valence-electron chi connectivity index (χ4n) is 3.52. The normalized spacial score (nSPS) is 10.7. The molecule has 156 valence electrons. The maximum absolute atomic E-state index is 12.4. The second-order valence-corrected chi connectivity index (χ2v) is 7.14. The average Bonchev–Trinajstić information content (AvgIpc) is 2.81. The average molecular weight is 414 g/mol. The lowest BCUT2D eigenvalue weighted by molar-refractivity contribution is -0.121. The lowest BCUT2D eigenvalue weighted by Gasteiger charge is -2.12. The Hall–Kier alpha value is -3.93. The highest BCUT2D eigenvalue weighted by molar-refractivity contribution is 5.94. The highest BCUT2D eigenvalue weighted by Gasteiger charge is 2.14. The first-order valence-electron chi connectivity index (χ1n) is 10.00. The van der Waals surface area contributed by atoms with Crippen LogP contribution in [0.2, 0.25) is 0 Å². The van der Waals surface area contributed by atoms with Gasteiger partial charge in [0.2, 0.25) is 5.91 Å². The summed E-state index contributed by atoms with van der Waals surface area (Å²) in [5, 5.41) is 3.71. The Morgan fingerprint density at radius 3 is 2.68 bits per heavy atom. The number of nitrogens with zero attached hydrogens (tertiary/aromatic N) is 1. The predicted octanol–water partition coefficient (Wildman–Crippen LogP) is 4.11. The number of ether oxygens (including phenoxy) is 1. The molecule has 0 aliphatic carbocycles. The molecule has 31 heavy (non-hydrogen) atoms. The number of pyridine rings is 1. The van der Waals surface area contributed by atoms with Crippen LogP contribution < -0.4 is 15.7 Å². The van der Waals surface area contributed by atoms with Crippen molar-refractivity contribution < 1.29 is 13.9 Å². The molecule has 2 aromatic carbocycles. The van der Waals surface area contributed by atoms with Crippen molar-refractivity contribution in [2.24, 2.45) is 0 Å². The van der Waals surface area contributed by atoms with E-state index in [-0.39, 0.29) is 5.91 Å². The van der Waals surface area contributed by atoms with E-state index in [1.807, 2.05) is 48.5 Å². The molecule has 2 heterocycles. The van der Waals surface area contributed by atoms with E-state index in [2.05, 4.69) is 10.3 Å². The van der Waals surface area contributed by atoms with Gasteiger partial charge < -0.3 is 14.5 Å². The summed E-state index contributed by atoms with van der Waals surface area (Å²) in [6.07, 6.45) is 4.22. The summed E-state index contributed by atoms with van der Waals surface area (Å²) in [6.45, 7) is 0.435. The fourth-order valence-corrected chi connectivity index (χ4v) is 3.52. The van der Waals surface area contributed by atoms with Crippen LogP contribution in [0.25, 0.3) is 22.1 Å². The third-order valence-corrected chi connectivity index (χ3v) is 5.06. The smallest absolute Gasteiger partial charge is 0.336 e. The SMILES string of the molecule is COc1cc2oc(=O)cc(-c3ccccc3)c2cc1CCC(=O)NCc1cccnc1. The second-order valence-electron chi connectivity index (χ2n) is 7.14. The van der Waals surface area contributed by atoms with Gasteiger partial charge in [0.1, 0.15) is 11.3 Å². The molecule has 0 atom stereocenters. The lowest BCUT2D eigenvalue weighted by Crippen LogP contribution is -2.23. The van der Waals surface area contributed by atoms with Crippen LogP contribution in [0.3, 0.4) is 0 Å². The van der Waals surface area contributed by atoms with Crippen molar-refractivity contribution >= 4 is 16.9 Å². The summed E-state index contributed by atoms with van der Waals surface area (Å²) in [7, 11) is 1.56. The number of methoxy groups -OCH3 is 1. The van der Waals surface area contributed by atoms with Crippen LogP contribution in [-0.2, 0) is 17.8 Å². The van der Waals surface area contributed by atoms with Crippen LogP contribution in [0.4, 0.5) is 0 Å². The Morgan fingerprint density at radius 2 is 1.94 bits per heavy atom. The Bertz CT molecular complexity index is 1250. The first-order chi connectivity index (χ1) is 15.1. The number of hydrogen-bond acceptors (Lipinski definition) is 5. The topological polar surface area (TPSA) is 81.4 Å². The molecular formula is C25H22N2O4. The standard InChI is InChI=1S/C25H22N2O4/c1-30-22-14-23-21(20(13-25(29)31-23)18-7-3-2-4-8-18)12-19(22)9-10-24(28)27-16-17-6-5-11-26-15-17/h2-8,11-15H,9-10,16H2,1H3,(H,27,28). The van der Waals surface area contributed by atoms with Gasteiger partial charge >= 0.3 is 5.63 Å². The number of carbonyl (C=O) groups excluding carboxylic acids is 1. The van der Waals surface area contributed by atoms with Gasteiger partial charge in [-0.15, -0.1) is 0 Å². The highest BCUT2D eigenvalue weighted by atomic mass is 16.5. The zero-order valence-electron chi connectivity index (χ0n) is 17.1. The molecule has 0 aliphatic rings. The van der Waals surface area contributed by atoms with Crippen molar-refractivity contribution in [2.45, 2.75) is 19.4 Å². The van der Waals surface area contributed by atoms with Crippen LogP contribution in [-0.4, -0.2) is 18.0 Å². The van der Waals surface area contributed by atoms with E-state index in [0.29, 0.717) is 30.7 Å². The zero-order valence-corrected chi connectivity index (χ0v) is 17.1. The fraction of sp³-hybridized carbons (Fsp3) is 0.160. The van der Waals surface area contributed by atoms with E-state index >= 15 is 0 Å². The van der Waals surface area contributed by atoms with Crippen LogP contribution in [0, 0.1) is 0 Å². The largest absolute Gasteiger partial charge is 0.496 e. The molecule has 0 bridgehead atoms. The van der Waals surface area contributed by atoms with E-state index < -0.39 is 5.63 Å². The van der Waals surface area contributed by atoms with Gasteiger partial charge in [-0.1, -0.05) is 36.4 Å². The number of benzene rings is 2. The van der Waals surface area contributed by atoms with Crippen LogP contribution in [0.5, 0.6) is 5.75 Å². The molecule has 0 spiro atoms. The Morgan fingerprint density at radius 1 is 1.10 bits per heavy atom. The number of aromatic nitrogens is 1. The third kappa shape index (κ3) is 4.80. The molecule has 6 nitrogen and oxygen atoms in total. The van der Waals surface area contributed by atoms with Gasteiger partial charge in [-0.2, -0.15) is 0 Å². The first-order valence-corrected chi connectivity index (χ1v) is 10.00. The first kappa shape index (κ1) is 20.3. The van der Waals surface area contributed by atoms with Crippen molar-refractivity contribution in [2.75, 3.05) is 7.11 Å². The van der Waals surface area contributed by atoms with Crippen molar-refractivity contribution in [1.29, 1.82) is 0 Å². The molecule has 4 aromatic rings. The second kappa shape index (κ2) is 9.26. The van der Waals surface area contributed by atoms with Gasteiger partial charge in [0, 0.05) is 42.9 Å². The molecule has 1 N–H and O–H groups in total. The minimum Gasteiger partial charge on any atom is -0.496 e. The monoisotopic (exact) mass is 414 g/mol. The number of carbonyl (C=O) groups is 1. The molecule has 0 aliphatic heterocycles. The number of amides is 1. The third-order valence-electron chi connectivity index (χ3n) is 5.06. The van der Waals surface area contributed by atoms with Gasteiger partial charge in [0.05, 0.1) is 7.11 Å². The maximum Gasteiger partial charge on any atom is 0.336 e. The molecule has 4 rings (SSSR count). The molecule has 0 radical (unpaired) electrons. The molecule has 1 amide bonds. The Kier molecular flexibility index (Phi) is 6.08. The van der Waals surface area contributed by atoms with Gasteiger partial charge in [0.25, 0.3) is 0 Å². The highest BCUT2D eigenvalue weighted by Crippen LogP contribution is 2.32. The van der Waals surface area contributed by atoms with Gasteiger partial charge in [-0.05, 0) is 40.8 Å². The van der Waals surface area contributed by atoms with Gasteiger partial charge in [-0.25, -0.2) is 4.79 Å². The molecule has 2 aromatic heterocycles.